The van der Waals surface area contributed by atoms with E-state index in [1.807, 2.05) is 37.3 Å². The number of anilines is 4. The molecule has 3 aromatic rings. The predicted molar refractivity (Wildman–Crippen MR) is 118 cm³/mol. The van der Waals surface area contributed by atoms with Crippen LogP contribution in [0.15, 0.2) is 48.5 Å². The fourth-order valence-electron chi connectivity index (χ4n) is 3.09. The molecule has 0 fully saturated rings. The SMILES string of the molecule is COc1ccc(Nc2nc(C)cc(Nc3ccccc3C(C)(C)C)n2)c(OC)c1. The minimum atomic E-state index is 0.0171. The first-order valence-corrected chi connectivity index (χ1v) is 9.51. The van der Waals surface area contributed by atoms with Crippen molar-refractivity contribution in [3.63, 3.8) is 0 Å². The van der Waals surface area contributed by atoms with Crippen molar-refractivity contribution >= 4 is 23.1 Å². The molecule has 0 spiro atoms. The van der Waals surface area contributed by atoms with E-state index in [4.69, 9.17) is 9.47 Å². The summed E-state index contributed by atoms with van der Waals surface area (Å²) in [6, 6.07) is 15.8. The van der Waals surface area contributed by atoms with E-state index in [1.54, 1.807) is 14.2 Å². The van der Waals surface area contributed by atoms with Crippen LogP contribution in [0, 0.1) is 6.92 Å². The third kappa shape index (κ3) is 4.96. The highest BCUT2D eigenvalue weighted by Gasteiger charge is 2.18. The number of benzene rings is 2. The van der Waals surface area contributed by atoms with Gasteiger partial charge in [0.15, 0.2) is 0 Å². The molecule has 2 aromatic carbocycles. The molecule has 0 saturated carbocycles. The van der Waals surface area contributed by atoms with Gasteiger partial charge >= 0.3 is 0 Å². The van der Waals surface area contributed by atoms with Crippen molar-refractivity contribution in [1.29, 1.82) is 0 Å². The minimum Gasteiger partial charge on any atom is -0.497 e. The smallest absolute Gasteiger partial charge is 0.229 e. The van der Waals surface area contributed by atoms with E-state index in [0.717, 1.165) is 28.6 Å². The lowest BCUT2D eigenvalue weighted by Gasteiger charge is -2.23. The van der Waals surface area contributed by atoms with Crippen LogP contribution in [-0.2, 0) is 5.41 Å². The standard InChI is InChI=1S/C23H28N4O2/c1-15-13-21(25-18-10-8-7-9-17(18)23(2,3)4)27-22(24-15)26-19-12-11-16(28-5)14-20(19)29-6/h7-14H,1-6H3,(H2,24,25,26,27). The molecule has 152 valence electrons. The van der Waals surface area contributed by atoms with Gasteiger partial charge in [-0.3, -0.25) is 0 Å². The van der Waals surface area contributed by atoms with Gasteiger partial charge in [-0.05, 0) is 36.1 Å². The Bertz CT molecular complexity index is 996. The third-order valence-corrected chi connectivity index (χ3v) is 4.51. The normalized spacial score (nSPS) is 11.1. The van der Waals surface area contributed by atoms with Crippen LogP contribution in [0.25, 0.3) is 0 Å². The molecule has 2 N–H and O–H groups in total. The van der Waals surface area contributed by atoms with E-state index < -0.39 is 0 Å². The maximum Gasteiger partial charge on any atom is 0.229 e. The van der Waals surface area contributed by atoms with Gasteiger partial charge in [-0.2, -0.15) is 4.98 Å². The number of nitrogens with zero attached hydrogens (tertiary/aromatic N) is 2. The van der Waals surface area contributed by atoms with Crippen molar-refractivity contribution in [1.82, 2.24) is 9.97 Å². The summed E-state index contributed by atoms with van der Waals surface area (Å²) in [6.07, 6.45) is 0. The lowest BCUT2D eigenvalue weighted by molar-refractivity contribution is 0.395. The molecule has 3 rings (SSSR count). The second kappa shape index (κ2) is 8.39. The van der Waals surface area contributed by atoms with E-state index in [2.05, 4.69) is 59.6 Å². The van der Waals surface area contributed by atoms with Crippen molar-refractivity contribution in [3.8, 4) is 11.5 Å². The Morgan fingerprint density at radius 1 is 0.828 bits per heavy atom. The van der Waals surface area contributed by atoms with E-state index in [9.17, 15) is 0 Å². The minimum absolute atomic E-state index is 0.0171. The van der Waals surface area contributed by atoms with Gasteiger partial charge in [0.25, 0.3) is 0 Å². The van der Waals surface area contributed by atoms with Crippen LogP contribution in [-0.4, -0.2) is 24.2 Å². The van der Waals surface area contributed by atoms with Crippen molar-refractivity contribution < 1.29 is 9.47 Å². The van der Waals surface area contributed by atoms with Crippen LogP contribution >= 0.6 is 0 Å². The summed E-state index contributed by atoms with van der Waals surface area (Å²) in [5.74, 6) is 2.59. The predicted octanol–water partition coefficient (Wildman–Crippen LogP) is 5.59. The maximum atomic E-state index is 5.46. The average molecular weight is 393 g/mol. The maximum absolute atomic E-state index is 5.46. The molecule has 0 amide bonds. The van der Waals surface area contributed by atoms with Gasteiger partial charge in [0.2, 0.25) is 5.95 Å². The molecule has 6 nitrogen and oxygen atoms in total. The van der Waals surface area contributed by atoms with Gasteiger partial charge in [0.05, 0.1) is 19.9 Å². The highest BCUT2D eigenvalue weighted by Crippen LogP contribution is 2.33. The summed E-state index contributed by atoms with van der Waals surface area (Å²) < 4.78 is 10.7. The zero-order valence-electron chi connectivity index (χ0n) is 17.8. The van der Waals surface area contributed by atoms with Crippen LogP contribution in [0.5, 0.6) is 11.5 Å². The Morgan fingerprint density at radius 2 is 1.59 bits per heavy atom. The van der Waals surface area contributed by atoms with Crippen LogP contribution in [0.2, 0.25) is 0 Å². The summed E-state index contributed by atoms with van der Waals surface area (Å²) in [5, 5.41) is 6.69. The number of para-hydroxylation sites is 1. The number of ether oxygens (including phenoxy) is 2. The molecule has 0 aliphatic heterocycles. The van der Waals surface area contributed by atoms with Crippen molar-refractivity contribution in [2.24, 2.45) is 0 Å². The second-order valence-electron chi connectivity index (χ2n) is 7.83. The number of aryl methyl sites for hydroxylation is 1. The fraction of sp³-hybridized carbons (Fsp3) is 0.304. The fourth-order valence-corrected chi connectivity index (χ4v) is 3.09. The zero-order chi connectivity index (χ0) is 21.0. The van der Waals surface area contributed by atoms with Crippen LogP contribution in [0.1, 0.15) is 32.0 Å². The topological polar surface area (TPSA) is 68.3 Å². The number of methoxy groups -OCH3 is 2. The van der Waals surface area contributed by atoms with Crippen molar-refractivity contribution in [2.75, 3.05) is 24.9 Å². The van der Waals surface area contributed by atoms with Crippen LogP contribution < -0.4 is 20.1 Å². The molecule has 0 saturated heterocycles. The van der Waals surface area contributed by atoms with E-state index in [-0.39, 0.29) is 5.41 Å². The molecule has 29 heavy (non-hydrogen) atoms. The molecular weight excluding hydrogens is 364 g/mol. The van der Waals surface area contributed by atoms with Crippen molar-refractivity contribution in [3.05, 3.63) is 59.8 Å². The second-order valence-corrected chi connectivity index (χ2v) is 7.83. The molecule has 0 unspecified atom stereocenters. The first-order chi connectivity index (χ1) is 13.8. The van der Waals surface area contributed by atoms with Crippen LogP contribution in [0.3, 0.4) is 0 Å². The molecule has 1 aromatic heterocycles. The molecule has 6 heteroatoms. The highest BCUT2D eigenvalue weighted by atomic mass is 16.5. The molecule has 0 radical (unpaired) electrons. The van der Waals surface area contributed by atoms with Gasteiger partial charge in [0.1, 0.15) is 17.3 Å². The molecular formula is C23H28N4O2. The lowest BCUT2D eigenvalue weighted by Crippen LogP contribution is -2.14. The van der Waals surface area contributed by atoms with Gasteiger partial charge in [-0.1, -0.05) is 39.0 Å². The Hall–Kier alpha value is -3.28. The quantitative estimate of drug-likeness (QED) is 0.570. The summed E-state index contributed by atoms with van der Waals surface area (Å²) in [4.78, 5) is 9.16. The zero-order valence-corrected chi connectivity index (χ0v) is 17.8. The monoisotopic (exact) mass is 392 g/mol. The first-order valence-electron chi connectivity index (χ1n) is 9.51. The highest BCUT2D eigenvalue weighted by molar-refractivity contribution is 5.67. The summed E-state index contributed by atoms with van der Waals surface area (Å²) in [6.45, 7) is 8.53. The Morgan fingerprint density at radius 3 is 2.28 bits per heavy atom. The first kappa shape index (κ1) is 20.5. The number of hydrogen-bond donors (Lipinski definition) is 2. The van der Waals surface area contributed by atoms with E-state index in [0.29, 0.717) is 11.7 Å². The third-order valence-electron chi connectivity index (χ3n) is 4.51. The molecule has 0 aliphatic rings. The Kier molecular flexibility index (Phi) is 5.92. The Labute approximate surface area is 172 Å². The summed E-state index contributed by atoms with van der Waals surface area (Å²) in [5.41, 5.74) is 3.89. The average Bonchev–Trinajstić information content (AvgIpc) is 2.67. The van der Waals surface area contributed by atoms with Gasteiger partial charge in [-0.25, -0.2) is 4.98 Å². The summed E-state index contributed by atoms with van der Waals surface area (Å²) in [7, 11) is 3.24. The number of aromatic nitrogens is 2. The van der Waals surface area contributed by atoms with Gasteiger partial charge in [0, 0.05) is 23.5 Å². The number of rotatable bonds is 6. The van der Waals surface area contributed by atoms with E-state index >= 15 is 0 Å². The Balaban J connectivity index is 1.91. The largest absolute Gasteiger partial charge is 0.497 e. The molecule has 0 aliphatic carbocycles. The summed E-state index contributed by atoms with van der Waals surface area (Å²) >= 11 is 0. The van der Waals surface area contributed by atoms with E-state index in [1.165, 1.54) is 5.56 Å². The van der Waals surface area contributed by atoms with Crippen LogP contribution in [0.4, 0.5) is 23.1 Å². The molecule has 0 atom stereocenters. The van der Waals surface area contributed by atoms with Crippen molar-refractivity contribution in [2.45, 2.75) is 33.1 Å². The van der Waals surface area contributed by atoms with Gasteiger partial charge in [-0.15, -0.1) is 0 Å². The molecule has 0 bridgehead atoms. The number of nitrogens with one attached hydrogen (secondary N) is 2. The molecule has 1 heterocycles. The van der Waals surface area contributed by atoms with Gasteiger partial charge < -0.3 is 20.1 Å². The lowest BCUT2D eigenvalue weighted by atomic mass is 9.86. The number of hydrogen-bond acceptors (Lipinski definition) is 6.